The van der Waals surface area contributed by atoms with Gasteiger partial charge >= 0.3 is 0 Å². The first-order valence-corrected chi connectivity index (χ1v) is 12.0. The van der Waals surface area contributed by atoms with Crippen LogP contribution in [0.4, 0.5) is 11.4 Å². The molecule has 0 unspecified atom stereocenters. The van der Waals surface area contributed by atoms with E-state index in [2.05, 4.69) is 35.4 Å². The van der Waals surface area contributed by atoms with E-state index in [1.54, 1.807) is 6.20 Å². The summed E-state index contributed by atoms with van der Waals surface area (Å²) in [7, 11) is 0. The van der Waals surface area contributed by atoms with Crippen molar-refractivity contribution in [2.24, 2.45) is 5.92 Å². The van der Waals surface area contributed by atoms with Gasteiger partial charge in [-0.2, -0.15) is 0 Å². The Labute approximate surface area is 203 Å². The molecule has 5 rings (SSSR count). The summed E-state index contributed by atoms with van der Waals surface area (Å²) in [5.41, 5.74) is 7.21. The third-order valence-corrected chi connectivity index (χ3v) is 7.09. The lowest BCUT2D eigenvalue weighted by Gasteiger charge is -2.16. The van der Waals surface area contributed by atoms with Crippen LogP contribution in [0, 0.1) is 12.8 Å². The van der Waals surface area contributed by atoms with E-state index in [1.807, 2.05) is 43.3 Å². The number of rotatable bonds is 6. The van der Waals surface area contributed by atoms with E-state index in [0.717, 1.165) is 58.2 Å². The smallest absolute Gasteiger partial charge is 0.169 e. The Morgan fingerprint density at radius 2 is 1.79 bits per heavy atom. The van der Waals surface area contributed by atoms with Gasteiger partial charge < -0.3 is 5.32 Å². The van der Waals surface area contributed by atoms with Gasteiger partial charge in [0.05, 0.1) is 16.8 Å². The molecule has 1 aromatic heterocycles. The van der Waals surface area contributed by atoms with Crippen LogP contribution < -0.4 is 5.32 Å². The van der Waals surface area contributed by atoms with Gasteiger partial charge in [-0.1, -0.05) is 48.3 Å². The number of nitrogens with zero attached hydrogens (tertiary/aromatic N) is 1. The van der Waals surface area contributed by atoms with Crippen molar-refractivity contribution >= 4 is 51.3 Å². The summed E-state index contributed by atoms with van der Waals surface area (Å²) in [6.07, 6.45) is 4.55. The first-order chi connectivity index (χ1) is 15.9. The first-order valence-electron chi connectivity index (χ1n) is 11.2. The molecule has 5 heteroatoms. The number of benzene rings is 3. The molecule has 0 saturated heterocycles. The fraction of sp³-hybridized carbons (Fsp3) is 0.214. The topological polar surface area (TPSA) is 42.0 Å². The van der Waals surface area contributed by atoms with Crippen molar-refractivity contribution in [1.82, 2.24) is 4.98 Å². The first kappa shape index (κ1) is 21.9. The highest BCUT2D eigenvalue weighted by molar-refractivity contribution is 6.36. The lowest BCUT2D eigenvalue weighted by Crippen LogP contribution is -2.07. The van der Waals surface area contributed by atoms with Crippen LogP contribution in [0.2, 0.25) is 10.0 Å². The average molecular weight is 475 g/mol. The number of hydrogen-bond acceptors (Lipinski definition) is 3. The number of carbonyl (C=O) groups is 1. The largest absolute Gasteiger partial charge is 0.354 e. The summed E-state index contributed by atoms with van der Waals surface area (Å²) in [6, 6.07) is 18.2. The van der Waals surface area contributed by atoms with Gasteiger partial charge in [-0.25, -0.2) is 0 Å². The fourth-order valence-corrected chi connectivity index (χ4v) is 4.57. The number of anilines is 2. The van der Waals surface area contributed by atoms with E-state index in [-0.39, 0.29) is 11.7 Å². The Bertz CT molecular complexity index is 1370. The Morgan fingerprint density at radius 3 is 2.48 bits per heavy atom. The third-order valence-electron chi connectivity index (χ3n) is 6.30. The minimum atomic E-state index is 0.102. The van der Waals surface area contributed by atoms with E-state index in [9.17, 15) is 4.79 Å². The van der Waals surface area contributed by atoms with E-state index in [4.69, 9.17) is 23.2 Å². The average Bonchev–Trinajstić information content (AvgIpc) is 3.67. The molecule has 0 aliphatic heterocycles. The zero-order chi connectivity index (χ0) is 23.1. The molecule has 1 saturated carbocycles. The summed E-state index contributed by atoms with van der Waals surface area (Å²) >= 11 is 12.8. The Hall–Kier alpha value is -2.88. The molecule has 166 valence electrons. The fourth-order valence-electron chi connectivity index (χ4n) is 4.08. The lowest BCUT2D eigenvalue weighted by molar-refractivity contribution is 0.0968. The molecule has 0 amide bonds. The molecule has 1 aliphatic carbocycles. The van der Waals surface area contributed by atoms with E-state index in [1.165, 1.54) is 5.56 Å². The molecule has 3 nitrogen and oxygen atoms in total. The molecule has 1 heterocycles. The van der Waals surface area contributed by atoms with Crippen LogP contribution in [-0.2, 0) is 6.42 Å². The van der Waals surface area contributed by atoms with Crippen LogP contribution in [0.15, 0.2) is 60.8 Å². The quantitative estimate of drug-likeness (QED) is 0.285. The molecular formula is C28H24Cl2N2O. The van der Waals surface area contributed by atoms with Gasteiger partial charge in [-0.15, -0.1) is 0 Å². The molecule has 3 aromatic carbocycles. The third kappa shape index (κ3) is 4.36. The van der Waals surface area contributed by atoms with Gasteiger partial charge in [0.1, 0.15) is 0 Å². The van der Waals surface area contributed by atoms with Crippen molar-refractivity contribution in [1.29, 1.82) is 0 Å². The van der Waals surface area contributed by atoms with E-state index < -0.39 is 0 Å². The van der Waals surface area contributed by atoms with Gasteiger partial charge in [0.2, 0.25) is 0 Å². The van der Waals surface area contributed by atoms with Crippen LogP contribution in [0.25, 0.3) is 22.0 Å². The Balaban J connectivity index is 1.69. The van der Waals surface area contributed by atoms with Gasteiger partial charge in [-0.3, -0.25) is 9.78 Å². The van der Waals surface area contributed by atoms with Crippen molar-refractivity contribution in [3.63, 3.8) is 0 Å². The standard InChI is InChI=1S/C28H24Cl2N2O/c1-3-17-5-4-6-21(11-17)32-27-22-12-19(20-13-24(29)16(2)25(30)14-20)9-10-26(22)31-15-23(27)28(33)18-7-8-18/h4-6,9-15,18H,3,7-8H2,1-2H3,(H,31,32). The Kier molecular flexibility index (Phi) is 5.86. The van der Waals surface area contributed by atoms with Gasteiger partial charge in [0, 0.05) is 33.2 Å². The predicted molar refractivity (Wildman–Crippen MR) is 138 cm³/mol. The van der Waals surface area contributed by atoms with Gasteiger partial charge in [0.15, 0.2) is 5.78 Å². The maximum atomic E-state index is 13.2. The number of halogens is 2. The summed E-state index contributed by atoms with van der Waals surface area (Å²) < 4.78 is 0. The van der Waals surface area contributed by atoms with Gasteiger partial charge in [0.25, 0.3) is 0 Å². The molecule has 0 radical (unpaired) electrons. The molecule has 4 aromatic rings. The van der Waals surface area contributed by atoms with Gasteiger partial charge in [-0.05, 0) is 84.8 Å². The number of hydrogen-bond donors (Lipinski definition) is 1. The zero-order valence-corrected chi connectivity index (χ0v) is 20.1. The second-order valence-electron chi connectivity index (χ2n) is 8.66. The molecule has 1 N–H and O–H groups in total. The molecule has 0 bridgehead atoms. The summed E-state index contributed by atoms with van der Waals surface area (Å²) in [5, 5.41) is 5.70. The van der Waals surface area contributed by atoms with E-state index in [0.29, 0.717) is 15.6 Å². The minimum Gasteiger partial charge on any atom is -0.354 e. The van der Waals surface area contributed by atoms with Crippen LogP contribution in [-0.4, -0.2) is 10.8 Å². The number of aryl methyl sites for hydroxylation is 1. The number of carbonyl (C=O) groups excluding carboxylic acids is 1. The summed E-state index contributed by atoms with van der Waals surface area (Å²) in [5.74, 6) is 0.259. The molecule has 0 spiro atoms. The highest BCUT2D eigenvalue weighted by Gasteiger charge is 2.32. The number of ketones is 1. The normalized spacial score (nSPS) is 13.3. The summed E-state index contributed by atoms with van der Waals surface area (Å²) in [4.78, 5) is 17.8. The second-order valence-corrected chi connectivity index (χ2v) is 9.48. The van der Waals surface area contributed by atoms with Crippen molar-refractivity contribution in [2.45, 2.75) is 33.1 Å². The van der Waals surface area contributed by atoms with Crippen molar-refractivity contribution in [3.8, 4) is 11.1 Å². The monoisotopic (exact) mass is 474 g/mol. The number of Topliss-reactive ketones (excluding diaryl/α,β-unsaturated/α-hetero) is 1. The maximum Gasteiger partial charge on any atom is 0.169 e. The van der Waals surface area contributed by atoms with Crippen LogP contribution in [0.1, 0.15) is 41.3 Å². The predicted octanol–water partition coefficient (Wildman–Crippen LogP) is 8.42. The van der Waals surface area contributed by atoms with Crippen molar-refractivity contribution in [2.75, 3.05) is 5.32 Å². The molecule has 1 fully saturated rings. The maximum absolute atomic E-state index is 13.2. The van der Waals surface area contributed by atoms with Crippen molar-refractivity contribution in [3.05, 3.63) is 87.5 Å². The van der Waals surface area contributed by atoms with E-state index >= 15 is 0 Å². The van der Waals surface area contributed by atoms with Crippen molar-refractivity contribution < 1.29 is 4.79 Å². The lowest BCUT2D eigenvalue weighted by atomic mass is 9.98. The molecule has 1 aliphatic rings. The molecular weight excluding hydrogens is 451 g/mol. The number of fused-ring (bicyclic) bond motifs is 1. The number of pyridine rings is 1. The SMILES string of the molecule is CCc1cccc(Nc2c(C(=O)C3CC3)cnc3ccc(-c4cc(Cl)c(C)c(Cl)c4)cc23)c1. The summed E-state index contributed by atoms with van der Waals surface area (Å²) in [6.45, 7) is 4.04. The minimum absolute atomic E-state index is 0.102. The van der Waals surface area contributed by atoms with Crippen LogP contribution in [0.3, 0.4) is 0 Å². The zero-order valence-electron chi connectivity index (χ0n) is 18.6. The highest BCUT2D eigenvalue weighted by Crippen LogP contribution is 2.39. The van der Waals surface area contributed by atoms with Crippen LogP contribution in [0.5, 0.6) is 0 Å². The highest BCUT2D eigenvalue weighted by atomic mass is 35.5. The molecule has 0 atom stereocenters. The number of nitrogens with one attached hydrogen (secondary N) is 1. The number of aromatic nitrogens is 1. The second kappa shape index (κ2) is 8.81. The Morgan fingerprint density at radius 1 is 1.03 bits per heavy atom. The van der Waals surface area contributed by atoms with Crippen LogP contribution >= 0.6 is 23.2 Å². The molecule has 33 heavy (non-hydrogen) atoms.